The molecule has 2 aliphatic rings. The highest BCUT2D eigenvalue weighted by Crippen LogP contribution is 2.32. The number of aliphatic hydroxyl groups excluding tert-OH is 1. The zero-order chi connectivity index (χ0) is 12.1. The van der Waals surface area contributed by atoms with Crippen molar-refractivity contribution >= 4 is 0 Å². The Labute approximate surface area is 105 Å². The minimum absolute atomic E-state index is 0.0229. The van der Waals surface area contributed by atoms with Gasteiger partial charge in [-0.3, -0.25) is 0 Å². The predicted octanol–water partition coefficient (Wildman–Crippen LogP) is 1.52. The topological polar surface area (TPSA) is 44.3 Å². The Morgan fingerprint density at radius 1 is 1.35 bits per heavy atom. The number of nitrogens with one attached hydrogen (secondary N) is 2. The van der Waals surface area contributed by atoms with Crippen molar-refractivity contribution in [2.24, 2.45) is 11.8 Å². The van der Waals surface area contributed by atoms with Crippen molar-refractivity contribution in [2.75, 3.05) is 26.2 Å². The number of piperidine rings is 1. The Balaban J connectivity index is 1.81. The lowest BCUT2D eigenvalue weighted by molar-refractivity contribution is 0.0939. The molecular formula is C14H28N2O. The molecule has 0 amide bonds. The summed E-state index contributed by atoms with van der Waals surface area (Å²) in [5, 5.41) is 16.9. The molecule has 2 fully saturated rings. The number of hydrogen-bond donors (Lipinski definition) is 3. The molecule has 0 aromatic carbocycles. The van der Waals surface area contributed by atoms with Crippen LogP contribution in [0.4, 0.5) is 0 Å². The quantitative estimate of drug-likeness (QED) is 0.698. The lowest BCUT2D eigenvalue weighted by atomic mass is 9.76. The van der Waals surface area contributed by atoms with Gasteiger partial charge in [-0.25, -0.2) is 0 Å². The maximum absolute atomic E-state index is 9.71. The first-order valence-corrected chi connectivity index (χ1v) is 7.31. The second kappa shape index (κ2) is 6.17. The molecule has 3 nitrogen and oxygen atoms in total. The van der Waals surface area contributed by atoms with Crippen molar-refractivity contribution in [3.05, 3.63) is 0 Å². The van der Waals surface area contributed by atoms with Gasteiger partial charge in [0.1, 0.15) is 0 Å². The Morgan fingerprint density at radius 2 is 2.24 bits per heavy atom. The van der Waals surface area contributed by atoms with Crippen LogP contribution in [0.2, 0.25) is 0 Å². The summed E-state index contributed by atoms with van der Waals surface area (Å²) in [6, 6.07) is 0. The van der Waals surface area contributed by atoms with E-state index in [-0.39, 0.29) is 5.54 Å². The second-order valence-corrected chi connectivity index (χ2v) is 6.23. The third kappa shape index (κ3) is 3.67. The molecule has 1 aliphatic heterocycles. The summed E-state index contributed by atoms with van der Waals surface area (Å²) in [6.45, 7) is 6.01. The van der Waals surface area contributed by atoms with Crippen LogP contribution in [0, 0.1) is 11.8 Å². The maximum atomic E-state index is 9.71. The van der Waals surface area contributed by atoms with E-state index in [4.69, 9.17) is 0 Å². The smallest absolute Gasteiger partial charge is 0.0613 e. The van der Waals surface area contributed by atoms with Crippen molar-refractivity contribution < 1.29 is 5.11 Å². The average molecular weight is 240 g/mol. The number of hydrogen-bond acceptors (Lipinski definition) is 3. The molecule has 0 aromatic heterocycles. The van der Waals surface area contributed by atoms with Crippen LogP contribution in [-0.2, 0) is 0 Å². The summed E-state index contributed by atoms with van der Waals surface area (Å²) < 4.78 is 0. The molecule has 0 aromatic rings. The summed E-state index contributed by atoms with van der Waals surface area (Å²) in [5.74, 6) is 1.51. The average Bonchev–Trinajstić information content (AvgIpc) is 2.38. The molecule has 100 valence electrons. The van der Waals surface area contributed by atoms with E-state index in [1.165, 1.54) is 32.2 Å². The summed E-state index contributed by atoms with van der Waals surface area (Å²) >= 11 is 0. The summed E-state index contributed by atoms with van der Waals surface area (Å²) in [6.07, 6.45) is 7.51. The molecule has 3 atom stereocenters. The van der Waals surface area contributed by atoms with Crippen LogP contribution in [0.1, 0.15) is 45.4 Å². The summed E-state index contributed by atoms with van der Waals surface area (Å²) in [5.41, 5.74) is 0.0229. The molecular weight excluding hydrogens is 212 g/mol. The van der Waals surface area contributed by atoms with Crippen LogP contribution < -0.4 is 10.6 Å². The van der Waals surface area contributed by atoms with E-state index < -0.39 is 0 Å². The van der Waals surface area contributed by atoms with E-state index in [1.54, 1.807) is 0 Å². The van der Waals surface area contributed by atoms with Crippen molar-refractivity contribution in [1.29, 1.82) is 0 Å². The van der Waals surface area contributed by atoms with Gasteiger partial charge in [-0.2, -0.15) is 0 Å². The van der Waals surface area contributed by atoms with Gasteiger partial charge < -0.3 is 15.7 Å². The van der Waals surface area contributed by atoms with Crippen LogP contribution in [0.15, 0.2) is 0 Å². The Morgan fingerprint density at radius 3 is 2.88 bits per heavy atom. The van der Waals surface area contributed by atoms with E-state index in [0.29, 0.717) is 6.61 Å². The third-order valence-electron chi connectivity index (χ3n) is 4.56. The van der Waals surface area contributed by atoms with Gasteiger partial charge in [0.05, 0.1) is 6.61 Å². The zero-order valence-electron chi connectivity index (χ0n) is 11.2. The lowest BCUT2D eigenvalue weighted by Crippen LogP contribution is -2.53. The minimum atomic E-state index is 0.0229. The monoisotopic (exact) mass is 240 g/mol. The molecule has 3 N–H and O–H groups in total. The summed E-state index contributed by atoms with van der Waals surface area (Å²) in [4.78, 5) is 0. The van der Waals surface area contributed by atoms with E-state index in [9.17, 15) is 5.11 Å². The van der Waals surface area contributed by atoms with Crippen LogP contribution in [0.3, 0.4) is 0 Å². The first kappa shape index (κ1) is 13.3. The second-order valence-electron chi connectivity index (χ2n) is 6.23. The van der Waals surface area contributed by atoms with Gasteiger partial charge >= 0.3 is 0 Å². The van der Waals surface area contributed by atoms with Crippen LogP contribution in [-0.4, -0.2) is 36.9 Å². The molecule has 0 spiro atoms. The van der Waals surface area contributed by atoms with Crippen molar-refractivity contribution in [2.45, 2.75) is 51.0 Å². The highest BCUT2D eigenvalue weighted by molar-refractivity contribution is 4.93. The zero-order valence-corrected chi connectivity index (χ0v) is 11.2. The molecule has 0 bridgehead atoms. The minimum Gasteiger partial charge on any atom is -0.394 e. The molecule has 17 heavy (non-hydrogen) atoms. The maximum Gasteiger partial charge on any atom is 0.0613 e. The van der Waals surface area contributed by atoms with Gasteiger partial charge in [0, 0.05) is 5.54 Å². The normalized spacial score (nSPS) is 39.2. The fourth-order valence-corrected chi connectivity index (χ4v) is 3.48. The lowest BCUT2D eigenvalue weighted by Gasteiger charge is -2.41. The van der Waals surface area contributed by atoms with E-state index >= 15 is 0 Å². The fourth-order valence-electron chi connectivity index (χ4n) is 3.48. The van der Waals surface area contributed by atoms with E-state index in [2.05, 4.69) is 17.6 Å². The molecule has 3 unspecified atom stereocenters. The van der Waals surface area contributed by atoms with Gasteiger partial charge in [0.25, 0.3) is 0 Å². The highest BCUT2D eigenvalue weighted by Gasteiger charge is 2.34. The molecule has 1 saturated carbocycles. The van der Waals surface area contributed by atoms with Crippen LogP contribution in [0.5, 0.6) is 0 Å². The molecule has 1 aliphatic carbocycles. The first-order valence-electron chi connectivity index (χ1n) is 7.31. The fraction of sp³-hybridized carbons (Fsp3) is 1.00. The molecule has 1 heterocycles. The Hall–Kier alpha value is -0.120. The van der Waals surface area contributed by atoms with Crippen molar-refractivity contribution in [3.63, 3.8) is 0 Å². The SMILES string of the molecule is CC1CCCC(CO)(NCC2CCCNC2)C1. The largest absolute Gasteiger partial charge is 0.394 e. The van der Waals surface area contributed by atoms with Crippen molar-refractivity contribution in [3.8, 4) is 0 Å². The molecule has 3 heteroatoms. The molecule has 2 rings (SSSR count). The van der Waals surface area contributed by atoms with Crippen LogP contribution in [0.25, 0.3) is 0 Å². The van der Waals surface area contributed by atoms with Gasteiger partial charge in [-0.1, -0.05) is 19.8 Å². The van der Waals surface area contributed by atoms with Gasteiger partial charge in [-0.05, 0) is 57.2 Å². The van der Waals surface area contributed by atoms with E-state index in [0.717, 1.165) is 37.8 Å². The summed E-state index contributed by atoms with van der Waals surface area (Å²) in [7, 11) is 0. The van der Waals surface area contributed by atoms with Gasteiger partial charge in [0.2, 0.25) is 0 Å². The standard InChI is InChI=1S/C14H28N2O/c1-12-4-2-6-14(8-12,11-17)16-10-13-5-3-7-15-9-13/h12-13,15-17H,2-11H2,1H3. The Bertz CT molecular complexity index is 228. The highest BCUT2D eigenvalue weighted by atomic mass is 16.3. The number of rotatable bonds is 4. The van der Waals surface area contributed by atoms with Crippen molar-refractivity contribution in [1.82, 2.24) is 10.6 Å². The third-order valence-corrected chi connectivity index (χ3v) is 4.56. The van der Waals surface area contributed by atoms with Crippen LogP contribution >= 0.6 is 0 Å². The Kier molecular flexibility index (Phi) is 4.83. The van der Waals surface area contributed by atoms with E-state index in [1.807, 2.05) is 0 Å². The predicted molar refractivity (Wildman–Crippen MR) is 71.0 cm³/mol. The molecule has 1 saturated heterocycles. The number of aliphatic hydroxyl groups is 1. The van der Waals surface area contributed by atoms with Gasteiger partial charge in [0.15, 0.2) is 0 Å². The van der Waals surface area contributed by atoms with Gasteiger partial charge in [-0.15, -0.1) is 0 Å². The first-order chi connectivity index (χ1) is 8.24. The molecule has 0 radical (unpaired) electrons.